The number of urea groups is 1. The van der Waals surface area contributed by atoms with E-state index in [1.54, 1.807) is 13.0 Å². The molecule has 2 N–H and O–H groups in total. The van der Waals surface area contributed by atoms with Crippen LogP contribution in [0.2, 0.25) is 0 Å². The van der Waals surface area contributed by atoms with Crippen molar-refractivity contribution < 1.29 is 9.32 Å². The Morgan fingerprint density at radius 1 is 1.26 bits per heavy atom. The Labute approximate surface area is 136 Å². The molecule has 0 saturated carbocycles. The highest BCUT2D eigenvalue weighted by atomic mass is 16.5. The molecule has 1 aromatic heterocycles. The number of carbonyl (C=O) groups excluding carboxylic acids is 1. The van der Waals surface area contributed by atoms with E-state index in [4.69, 9.17) is 4.52 Å². The van der Waals surface area contributed by atoms with Crippen LogP contribution in [0.15, 0.2) is 40.9 Å². The number of aromatic nitrogens is 1. The number of likely N-dealkylation sites (N-methyl/N-ethyl adjacent to an activating group) is 1. The molecule has 0 aliphatic heterocycles. The second-order valence-corrected chi connectivity index (χ2v) is 5.37. The fraction of sp³-hybridized carbons (Fsp3) is 0.412. The zero-order valence-corrected chi connectivity index (χ0v) is 13.9. The lowest BCUT2D eigenvalue weighted by molar-refractivity contribution is 0.235. The first-order chi connectivity index (χ1) is 11.1. The molecule has 0 radical (unpaired) electrons. The van der Waals surface area contributed by atoms with Crippen molar-refractivity contribution in [2.24, 2.45) is 0 Å². The number of rotatable bonds is 7. The Bertz CT molecular complexity index is 608. The smallest absolute Gasteiger partial charge is 0.321 e. The van der Waals surface area contributed by atoms with Crippen molar-refractivity contribution in [2.75, 3.05) is 25.0 Å². The van der Waals surface area contributed by atoms with Crippen molar-refractivity contribution in [3.63, 3.8) is 0 Å². The van der Waals surface area contributed by atoms with Gasteiger partial charge in [0.1, 0.15) is 5.76 Å². The average Bonchev–Trinajstić information content (AvgIpc) is 2.97. The molecule has 6 nitrogen and oxygen atoms in total. The summed E-state index contributed by atoms with van der Waals surface area (Å²) in [6.07, 6.45) is 0. The van der Waals surface area contributed by atoms with Gasteiger partial charge in [0.2, 0.25) is 0 Å². The highest BCUT2D eigenvalue weighted by Gasteiger charge is 2.17. The summed E-state index contributed by atoms with van der Waals surface area (Å²) in [6, 6.07) is 11.3. The van der Waals surface area contributed by atoms with Crippen LogP contribution >= 0.6 is 0 Å². The van der Waals surface area contributed by atoms with E-state index in [9.17, 15) is 4.79 Å². The van der Waals surface area contributed by atoms with Crippen LogP contribution in [0.5, 0.6) is 0 Å². The second-order valence-electron chi connectivity index (χ2n) is 5.37. The number of anilines is 1. The molecule has 124 valence electrons. The monoisotopic (exact) mass is 316 g/mol. The second kappa shape index (κ2) is 8.33. The van der Waals surface area contributed by atoms with Gasteiger partial charge < -0.3 is 14.7 Å². The highest BCUT2D eigenvalue weighted by Crippen LogP contribution is 2.15. The van der Waals surface area contributed by atoms with Gasteiger partial charge in [-0.25, -0.2) is 4.79 Å². The molecule has 0 aliphatic carbocycles. The molecule has 0 unspecified atom stereocenters. The molecule has 0 spiro atoms. The van der Waals surface area contributed by atoms with Gasteiger partial charge in [-0.15, -0.1) is 0 Å². The molecule has 2 amide bonds. The highest BCUT2D eigenvalue weighted by molar-refractivity contribution is 5.88. The van der Waals surface area contributed by atoms with Crippen LogP contribution in [0.1, 0.15) is 31.2 Å². The van der Waals surface area contributed by atoms with E-state index in [0.29, 0.717) is 11.6 Å². The Morgan fingerprint density at radius 2 is 1.96 bits per heavy atom. The molecule has 6 heteroatoms. The maximum Gasteiger partial charge on any atom is 0.321 e. The molecular weight excluding hydrogens is 292 g/mol. The quantitative estimate of drug-likeness (QED) is 0.823. The van der Waals surface area contributed by atoms with Gasteiger partial charge in [0.15, 0.2) is 5.82 Å². The number of carbonyl (C=O) groups is 1. The molecule has 2 aromatic rings. The average molecular weight is 316 g/mol. The third-order valence-electron chi connectivity index (χ3n) is 3.71. The summed E-state index contributed by atoms with van der Waals surface area (Å²) in [6.45, 7) is 8.64. The summed E-state index contributed by atoms with van der Waals surface area (Å²) in [5.74, 6) is 1.07. The number of hydrogen-bond donors (Lipinski definition) is 2. The normalized spacial score (nSPS) is 12.2. The Balaban J connectivity index is 2.05. The van der Waals surface area contributed by atoms with Gasteiger partial charge >= 0.3 is 6.03 Å². The van der Waals surface area contributed by atoms with Crippen molar-refractivity contribution in [2.45, 2.75) is 26.8 Å². The first kappa shape index (κ1) is 17.0. The predicted octanol–water partition coefficient (Wildman–Crippen LogP) is 3.19. The van der Waals surface area contributed by atoms with Gasteiger partial charge in [0.05, 0.1) is 6.04 Å². The van der Waals surface area contributed by atoms with Crippen LogP contribution in [0.25, 0.3) is 0 Å². The van der Waals surface area contributed by atoms with Crippen LogP contribution in [0.4, 0.5) is 10.6 Å². The van der Waals surface area contributed by atoms with Crippen molar-refractivity contribution in [1.82, 2.24) is 15.4 Å². The third kappa shape index (κ3) is 5.10. The molecule has 0 aliphatic rings. The lowest BCUT2D eigenvalue weighted by atomic mass is 10.1. The lowest BCUT2D eigenvalue weighted by Crippen LogP contribution is -2.39. The molecule has 0 fully saturated rings. The van der Waals surface area contributed by atoms with Gasteiger partial charge in [-0.3, -0.25) is 5.32 Å². The van der Waals surface area contributed by atoms with E-state index in [2.05, 4.69) is 34.5 Å². The maximum atomic E-state index is 12.2. The van der Waals surface area contributed by atoms with Crippen molar-refractivity contribution >= 4 is 11.8 Å². The van der Waals surface area contributed by atoms with E-state index >= 15 is 0 Å². The SMILES string of the molecule is CCN(CC)C[C@H](NC(=O)Nc1cc(C)on1)c1ccccc1. The lowest BCUT2D eigenvalue weighted by Gasteiger charge is -2.26. The Kier molecular flexibility index (Phi) is 6.17. The van der Waals surface area contributed by atoms with Crippen LogP contribution < -0.4 is 10.6 Å². The topological polar surface area (TPSA) is 70.4 Å². The minimum absolute atomic E-state index is 0.0934. The van der Waals surface area contributed by atoms with Gasteiger partial charge in [-0.05, 0) is 25.6 Å². The van der Waals surface area contributed by atoms with Gasteiger partial charge in [-0.2, -0.15) is 0 Å². The molecule has 1 aromatic carbocycles. The summed E-state index contributed by atoms with van der Waals surface area (Å²) in [5, 5.41) is 9.49. The zero-order valence-electron chi connectivity index (χ0n) is 13.9. The maximum absolute atomic E-state index is 12.2. The first-order valence-electron chi connectivity index (χ1n) is 7.90. The molecule has 0 saturated heterocycles. The standard InChI is InChI=1S/C17H24N4O2/c1-4-21(5-2)12-15(14-9-7-6-8-10-14)18-17(22)19-16-11-13(3)23-20-16/h6-11,15H,4-5,12H2,1-3H3,(H2,18,19,20,22)/t15-/m0/s1. The van der Waals surface area contributed by atoms with E-state index < -0.39 is 0 Å². The minimum atomic E-state index is -0.292. The van der Waals surface area contributed by atoms with E-state index in [1.807, 2.05) is 30.3 Å². The summed E-state index contributed by atoms with van der Waals surface area (Å²) in [5.41, 5.74) is 1.07. The number of benzene rings is 1. The summed E-state index contributed by atoms with van der Waals surface area (Å²) in [7, 11) is 0. The molecule has 0 bridgehead atoms. The first-order valence-corrected chi connectivity index (χ1v) is 7.90. The molecule has 2 rings (SSSR count). The van der Waals surface area contributed by atoms with Crippen LogP contribution in [0, 0.1) is 6.92 Å². The van der Waals surface area contributed by atoms with E-state index in [-0.39, 0.29) is 12.1 Å². The molecule has 23 heavy (non-hydrogen) atoms. The molecular formula is C17H24N4O2. The number of nitrogens with zero attached hydrogens (tertiary/aromatic N) is 2. The summed E-state index contributed by atoms with van der Waals surface area (Å²) >= 11 is 0. The fourth-order valence-electron chi connectivity index (χ4n) is 2.40. The van der Waals surface area contributed by atoms with Gasteiger partial charge in [-0.1, -0.05) is 49.3 Å². The Hall–Kier alpha value is -2.34. The predicted molar refractivity (Wildman–Crippen MR) is 90.4 cm³/mol. The fourth-order valence-corrected chi connectivity index (χ4v) is 2.40. The zero-order chi connectivity index (χ0) is 16.7. The molecule has 1 atom stereocenters. The van der Waals surface area contributed by atoms with Crippen LogP contribution in [-0.4, -0.2) is 35.7 Å². The van der Waals surface area contributed by atoms with Gasteiger partial charge in [0, 0.05) is 12.6 Å². The van der Waals surface area contributed by atoms with Crippen molar-refractivity contribution in [3.8, 4) is 0 Å². The molecule has 1 heterocycles. The van der Waals surface area contributed by atoms with Gasteiger partial charge in [0.25, 0.3) is 0 Å². The van der Waals surface area contributed by atoms with Crippen molar-refractivity contribution in [1.29, 1.82) is 0 Å². The Morgan fingerprint density at radius 3 is 2.52 bits per heavy atom. The third-order valence-corrected chi connectivity index (χ3v) is 3.71. The van der Waals surface area contributed by atoms with E-state index in [0.717, 1.165) is 25.2 Å². The number of nitrogens with one attached hydrogen (secondary N) is 2. The van der Waals surface area contributed by atoms with E-state index in [1.165, 1.54) is 0 Å². The number of amides is 2. The van der Waals surface area contributed by atoms with Crippen LogP contribution in [-0.2, 0) is 0 Å². The summed E-state index contributed by atoms with van der Waals surface area (Å²) < 4.78 is 4.95. The summed E-state index contributed by atoms with van der Waals surface area (Å²) in [4.78, 5) is 14.5. The minimum Gasteiger partial charge on any atom is -0.360 e. The number of hydrogen-bond acceptors (Lipinski definition) is 4. The van der Waals surface area contributed by atoms with Crippen LogP contribution in [0.3, 0.4) is 0 Å². The number of aryl methyl sites for hydroxylation is 1. The largest absolute Gasteiger partial charge is 0.360 e. The van der Waals surface area contributed by atoms with Crippen molar-refractivity contribution in [3.05, 3.63) is 47.7 Å².